The lowest BCUT2D eigenvalue weighted by Gasteiger charge is -2.12. The molecule has 0 aliphatic heterocycles. The van der Waals surface area contributed by atoms with Gasteiger partial charge in [-0.1, -0.05) is 43.7 Å². The number of nitrogens with one attached hydrogen (secondary N) is 3. The molecule has 4 rings (SSSR count). The van der Waals surface area contributed by atoms with Crippen LogP contribution in [0.4, 0.5) is 17.1 Å². The fraction of sp³-hybridized carbons (Fsp3) is 0.147. The van der Waals surface area contributed by atoms with Gasteiger partial charge in [-0.2, -0.15) is 0 Å². The van der Waals surface area contributed by atoms with Gasteiger partial charge in [0, 0.05) is 27.9 Å². The minimum absolute atomic E-state index is 0.155. The van der Waals surface area contributed by atoms with E-state index in [1.165, 1.54) is 36.0 Å². The minimum Gasteiger partial charge on any atom is -0.494 e. The van der Waals surface area contributed by atoms with Crippen LogP contribution in [0.5, 0.6) is 5.75 Å². The van der Waals surface area contributed by atoms with Crippen molar-refractivity contribution in [1.82, 2.24) is 5.32 Å². The van der Waals surface area contributed by atoms with Crippen molar-refractivity contribution in [2.45, 2.75) is 24.7 Å². The standard InChI is InChI=1S/C34H32N4O6S/c1-2-3-21-44-28-17-13-26(14-18-28)35-32(39)23-45-29-19-15-27(16-20-29)36-34(41)30(37-33(40)24-9-5-4-6-10-24)22-25-11-7-8-12-31(25)38(42)43/h4-20,22H,2-3,21,23H2,1H3,(H,35,39)(H,36,41)(H,37,40)/b30-22-. The van der Waals surface area contributed by atoms with Gasteiger partial charge in [0.05, 0.1) is 22.8 Å². The van der Waals surface area contributed by atoms with Crippen molar-refractivity contribution in [3.63, 3.8) is 0 Å². The molecule has 0 bridgehead atoms. The molecule has 0 saturated heterocycles. The maximum absolute atomic E-state index is 13.3. The molecule has 0 unspecified atom stereocenters. The van der Waals surface area contributed by atoms with Gasteiger partial charge in [0.1, 0.15) is 11.4 Å². The van der Waals surface area contributed by atoms with E-state index in [-0.39, 0.29) is 28.6 Å². The van der Waals surface area contributed by atoms with E-state index < -0.39 is 16.7 Å². The Morgan fingerprint density at radius 1 is 0.844 bits per heavy atom. The summed E-state index contributed by atoms with van der Waals surface area (Å²) in [7, 11) is 0. The second kappa shape index (κ2) is 16.4. The fourth-order valence-electron chi connectivity index (χ4n) is 4.02. The van der Waals surface area contributed by atoms with Crippen LogP contribution in [0.15, 0.2) is 114 Å². The van der Waals surface area contributed by atoms with Gasteiger partial charge in [0.2, 0.25) is 5.91 Å². The summed E-state index contributed by atoms with van der Waals surface area (Å²) in [5.74, 6) is -0.452. The Kier molecular flexibility index (Phi) is 11.9. The smallest absolute Gasteiger partial charge is 0.276 e. The first-order valence-electron chi connectivity index (χ1n) is 14.2. The molecule has 4 aromatic rings. The third kappa shape index (κ3) is 10.1. The zero-order valence-corrected chi connectivity index (χ0v) is 25.3. The maximum atomic E-state index is 13.3. The second-order valence-corrected chi connectivity index (χ2v) is 10.8. The first-order chi connectivity index (χ1) is 21.8. The first-order valence-corrected chi connectivity index (χ1v) is 15.2. The number of thioether (sulfide) groups is 1. The number of hydrogen-bond acceptors (Lipinski definition) is 7. The number of carbonyl (C=O) groups is 3. The molecule has 3 N–H and O–H groups in total. The maximum Gasteiger partial charge on any atom is 0.276 e. The third-order valence-corrected chi connectivity index (χ3v) is 7.36. The number of amides is 3. The van der Waals surface area contributed by atoms with Crippen molar-refractivity contribution in [3.8, 4) is 5.75 Å². The number of carbonyl (C=O) groups excluding carboxylic acids is 3. The number of anilines is 2. The lowest BCUT2D eigenvalue weighted by molar-refractivity contribution is -0.385. The third-order valence-electron chi connectivity index (χ3n) is 6.35. The zero-order chi connectivity index (χ0) is 32.0. The van der Waals surface area contributed by atoms with E-state index >= 15 is 0 Å². The van der Waals surface area contributed by atoms with Crippen molar-refractivity contribution in [3.05, 3.63) is 130 Å². The van der Waals surface area contributed by atoms with E-state index in [0.29, 0.717) is 23.5 Å². The van der Waals surface area contributed by atoms with Gasteiger partial charge in [0.15, 0.2) is 0 Å². The number of rotatable bonds is 14. The number of benzene rings is 4. The van der Waals surface area contributed by atoms with E-state index in [4.69, 9.17) is 4.74 Å². The SMILES string of the molecule is CCCCOc1ccc(NC(=O)CSc2ccc(NC(=O)/C(=C/c3ccccc3[N+](=O)[O-])NC(=O)c3ccccc3)cc2)cc1. The molecule has 0 spiro atoms. The molecule has 10 nitrogen and oxygen atoms in total. The Hall–Kier alpha value is -5.42. The molecular weight excluding hydrogens is 592 g/mol. The summed E-state index contributed by atoms with van der Waals surface area (Å²) in [6, 6.07) is 28.3. The number of nitrogens with zero attached hydrogens (tertiary/aromatic N) is 1. The van der Waals surface area contributed by atoms with E-state index in [0.717, 1.165) is 23.5 Å². The number of hydrogen-bond donors (Lipinski definition) is 3. The van der Waals surface area contributed by atoms with Crippen molar-refractivity contribution >= 4 is 52.6 Å². The topological polar surface area (TPSA) is 140 Å². The van der Waals surface area contributed by atoms with Crippen molar-refractivity contribution in [2.24, 2.45) is 0 Å². The zero-order valence-electron chi connectivity index (χ0n) is 24.5. The summed E-state index contributed by atoms with van der Waals surface area (Å²) in [4.78, 5) is 50.4. The van der Waals surface area contributed by atoms with Crippen molar-refractivity contribution in [1.29, 1.82) is 0 Å². The molecule has 0 aliphatic carbocycles. The highest BCUT2D eigenvalue weighted by Gasteiger charge is 2.18. The van der Waals surface area contributed by atoms with Crippen molar-refractivity contribution < 1.29 is 24.0 Å². The molecule has 0 aliphatic rings. The van der Waals surface area contributed by atoms with Crippen LogP contribution in [0.1, 0.15) is 35.7 Å². The Bertz CT molecular complexity index is 1660. The van der Waals surface area contributed by atoms with Gasteiger partial charge < -0.3 is 20.7 Å². The van der Waals surface area contributed by atoms with Gasteiger partial charge in [-0.05, 0) is 79.2 Å². The van der Waals surface area contributed by atoms with Gasteiger partial charge in [0.25, 0.3) is 17.5 Å². The predicted molar refractivity (Wildman–Crippen MR) is 176 cm³/mol. The van der Waals surface area contributed by atoms with Crippen LogP contribution in [0, 0.1) is 10.1 Å². The average molecular weight is 625 g/mol. The van der Waals surface area contributed by atoms with Crippen LogP contribution < -0.4 is 20.7 Å². The molecule has 0 radical (unpaired) electrons. The molecule has 230 valence electrons. The molecule has 0 atom stereocenters. The molecule has 45 heavy (non-hydrogen) atoms. The Labute approximate surface area is 265 Å². The lowest BCUT2D eigenvalue weighted by Crippen LogP contribution is -2.30. The van der Waals surface area contributed by atoms with Crippen LogP contribution in [-0.4, -0.2) is 35.0 Å². The Balaban J connectivity index is 1.38. The van der Waals surface area contributed by atoms with Crippen molar-refractivity contribution in [2.75, 3.05) is 23.0 Å². The molecule has 11 heteroatoms. The summed E-state index contributed by atoms with van der Waals surface area (Å²) in [5, 5.41) is 19.7. The monoisotopic (exact) mass is 624 g/mol. The van der Waals surface area contributed by atoms with Crippen LogP contribution in [0.25, 0.3) is 6.08 Å². The molecule has 0 saturated carbocycles. The normalized spacial score (nSPS) is 10.9. The van der Waals surface area contributed by atoms with Crippen LogP contribution in [-0.2, 0) is 9.59 Å². The summed E-state index contributed by atoms with van der Waals surface area (Å²) >= 11 is 1.33. The summed E-state index contributed by atoms with van der Waals surface area (Å²) in [5.41, 5.74) is 1.19. The predicted octanol–water partition coefficient (Wildman–Crippen LogP) is 6.91. The molecule has 4 aromatic carbocycles. The van der Waals surface area contributed by atoms with E-state index in [1.54, 1.807) is 72.8 Å². The van der Waals surface area contributed by atoms with Gasteiger partial charge in [-0.3, -0.25) is 24.5 Å². The Morgan fingerprint density at radius 3 is 2.18 bits per heavy atom. The largest absolute Gasteiger partial charge is 0.494 e. The van der Waals surface area contributed by atoms with Crippen LogP contribution >= 0.6 is 11.8 Å². The summed E-state index contributed by atoms with van der Waals surface area (Å²) in [6.07, 6.45) is 3.30. The second-order valence-electron chi connectivity index (χ2n) is 9.74. The average Bonchev–Trinajstić information content (AvgIpc) is 3.05. The first kappa shape index (κ1) is 32.5. The van der Waals surface area contributed by atoms with Crippen LogP contribution in [0.3, 0.4) is 0 Å². The number of unbranched alkanes of at least 4 members (excludes halogenated alkanes) is 1. The molecule has 3 amide bonds. The fourth-order valence-corrected chi connectivity index (χ4v) is 4.72. The van der Waals surface area contributed by atoms with Gasteiger partial charge >= 0.3 is 0 Å². The number of nitro benzene ring substituents is 1. The molecule has 0 fully saturated rings. The number of nitro groups is 1. The van der Waals surface area contributed by atoms with Gasteiger partial charge in [-0.25, -0.2) is 0 Å². The highest BCUT2D eigenvalue weighted by molar-refractivity contribution is 8.00. The minimum atomic E-state index is -0.668. The highest BCUT2D eigenvalue weighted by atomic mass is 32.2. The quantitative estimate of drug-likeness (QED) is 0.0455. The number of ether oxygens (including phenoxy) is 1. The van der Waals surface area contributed by atoms with Crippen LogP contribution in [0.2, 0.25) is 0 Å². The van der Waals surface area contributed by atoms with E-state index in [9.17, 15) is 24.5 Å². The summed E-state index contributed by atoms with van der Waals surface area (Å²) in [6.45, 7) is 2.75. The lowest BCUT2D eigenvalue weighted by atomic mass is 10.1. The highest BCUT2D eigenvalue weighted by Crippen LogP contribution is 2.23. The molecule has 0 aromatic heterocycles. The Morgan fingerprint density at radius 2 is 1.49 bits per heavy atom. The van der Waals surface area contributed by atoms with E-state index in [2.05, 4.69) is 22.9 Å². The molecule has 0 heterocycles. The van der Waals surface area contributed by atoms with Gasteiger partial charge in [-0.15, -0.1) is 11.8 Å². The summed E-state index contributed by atoms with van der Waals surface area (Å²) < 4.78 is 5.64. The van der Waals surface area contributed by atoms with E-state index in [1.807, 2.05) is 12.1 Å². The molecular formula is C34H32N4O6S. The number of para-hydroxylation sites is 1.